The van der Waals surface area contributed by atoms with Gasteiger partial charge in [-0.3, -0.25) is 0 Å². The molecule has 0 saturated carbocycles. The number of alkyl halides is 2. The maximum atomic E-state index is 13.1. The summed E-state index contributed by atoms with van der Waals surface area (Å²) >= 11 is 0. The van der Waals surface area contributed by atoms with Gasteiger partial charge < -0.3 is 29.5 Å². The van der Waals surface area contributed by atoms with Gasteiger partial charge in [0.25, 0.3) is 0 Å². The highest BCUT2D eigenvalue weighted by Gasteiger charge is 2.33. The summed E-state index contributed by atoms with van der Waals surface area (Å²) in [6.07, 6.45) is -5.15. The molecular weight excluding hydrogens is 402 g/mol. The van der Waals surface area contributed by atoms with Crippen molar-refractivity contribution < 1.29 is 38.1 Å². The van der Waals surface area contributed by atoms with Gasteiger partial charge in [0.15, 0.2) is 0 Å². The number of aliphatic hydroxyl groups is 2. The van der Waals surface area contributed by atoms with E-state index in [-0.39, 0.29) is 25.9 Å². The molecule has 10 heteroatoms. The minimum Gasteiger partial charge on any atom is -0.444 e. The molecule has 4 unspecified atom stereocenters. The van der Waals surface area contributed by atoms with Crippen LogP contribution in [0.1, 0.15) is 54.4 Å². The molecule has 4 atom stereocenters. The number of piperidine rings is 2. The van der Waals surface area contributed by atoms with Crippen LogP contribution in [-0.2, 0) is 9.47 Å². The highest BCUT2D eigenvalue weighted by molar-refractivity contribution is 5.68. The van der Waals surface area contributed by atoms with E-state index in [2.05, 4.69) is 0 Å². The molecule has 0 bridgehead atoms. The molecule has 2 fully saturated rings. The SMILES string of the molecule is CC(C)(C)OC(=O)N1CCC(O)C(F)C1.CC(C)(C)OC(=O)N1CCC(O)C(F)C1. The van der Waals surface area contributed by atoms with E-state index >= 15 is 0 Å². The zero-order valence-corrected chi connectivity index (χ0v) is 18.7. The number of likely N-dealkylation sites (tertiary alicyclic amines) is 2. The predicted octanol–water partition coefficient (Wildman–Crippen LogP) is 2.65. The molecule has 176 valence electrons. The molecule has 0 radical (unpaired) electrons. The van der Waals surface area contributed by atoms with E-state index in [0.717, 1.165) is 0 Å². The summed E-state index contributed by atoms with van der Waals surface area (Å²) in [4.78, 5) is 25.6. The summed E-state index contributed by atoms with van der Waals surface area (Å²) in [5.41, 5.74) is -1.14. The number of amides is 2. The molecule has 2 N–H and O–H groups in total. The third-order valence-electron chi connectivity index (χ3n) is 4.32. The Kier molecular flexibility index (Phi) is 9.28. The quantitative estimate of drug-likeness (QED) is 0.603. The Bertz CT molecular complexity index is 529. The van der Waals surface area contributed by atoms with Gasteiger partial charge in [0.2, 0.25) is 0 Å². The van der Waals surface area contributed by atoms with E-state index in [9.17, 15) is 18.4 Å². The number of carbonyl (C=O) groups is 2. The highest BCUT2D eigenvalue weighted by Crippen LogP contribution is 2.18. The van der Waals surface area contributed by atoms with Crippen molar-refractivity contribution in [2.24, 2.45) is 0 Å². The molecular formula is C20H36F2N2O6. The van der Waals surface area contributed by atoms with Crippen molar-refractivity contribution in [3.05, 3.63) is 0 Å². The molecule has 8 nitrogen and oxygen atoms in total. The van der Waals surface area contributed by atoms with Crippen molar-refractivity contribution in [2.75, 3.05) is 26.2 Å². The standard InChI is InChI=1S/2C10H18FNO3/c2*1-10(2,3)15-9(14)12-5-4-8(13)7(11)6-12/h2*7-8,13H,4-6H2,1-3H3. The number of hydrogen-bond acceptors (Lipinski definition) is 6. The lowest BCUT2D eigenvalue weighted by Gasteiger charge is -2.33. The molecule has 0 aromatic heterocycles. The zero-order chi connectivity index (χ0) is 23.3. The summed E-state index contributed by atoms with van der Waals surface area (Å²) < 4.78 is 36.4. The van der Waals surface area contributed by atoms with Crippen LogP contribution in [0.4, 0.5) is 18.4 Å². The van der Waals surface area contributed by atoms with E-state index in [1.165, 1.54) is 9.80 Å². The molecule has 2 heterocycles. The second kappa shape index (κ2) is 10.6. The largest absolute Gasteiger partial charge is 0.444 e. The Morgan fingerprint density at radius 2 is 1.07 bits per heavy atom. The first kappa shape index (κ1) is 26.4. The van der Waals surface area contributed by atoms with E-state index < -0.39 is 47.9 Å². The normalized spacial score (nSPS) is 27.7. The van der Waals surface area contributed by atoms with Crippen molar-refractivity contribution in [1.82, 2.24) is 9.80 Å². The van der Waals surface area contributed by atoms with Crippen LogP contribution in [-0.4, -0.2) is 94.1 Å². The Labute approximate surface area is 177 Å². The monoisotopic (exact) mass is 438 g/mol. The summed E-state index contributed by atoms with van der Waals surface area (Å²) in [6.45, 7) is 11.1. The number of hydrogen-bond donors (Lipinski definition) is 2. The zero-order valence-electron chi connectivity index (χ0n) is 18.7. The second-order valence-corrected chi connectivity index (χ2v) is 9.60. The van der Waals surface area contributed by atoms with E-state index in [1.807, 2.05) is 0 Å². The van der Waals surface area contributed by atoms with Crippen LogP contribution in [0.15, 0.2) is 0 Å². The summed E-state index contributed by atoms with van der Waals surface area (Å²) in [5.74, 6) is 0. The minimum absolute atomic E-state index is 0.0872. The van der Waals surface area contributed by atoms with Crippen molar-refractivity contribution in [3.8, 4) is 0 Å². The average molecular weight is 439 g/mol. The van der Waals surface area contributed by atoms with Gasteiger partial charge in [-0.15, -0.1) is 0 Å². The molecule has 0 aliphatic carbocycles. The first-order valence-electron chi connectivity index (χ1n) is 10.2. The fourth-order valence-electron chi connectivity index (χ4n) is 2.77. The van der Waals surface area contributed by atoms with Crippen molar-refractivity contribution in [3.63, 3.8) is 0 Å². The maximum absolute atomic E-state index is 13.1. The first-order valence-corrected chi connectivity index (χ1v) is 10.2. The van der Waals surface area contributed by atoms with Crippen LogP contribution < -0.4 is 0 Å². The molecule has 2 rings (SSSR count). The van der Waals surface area contributed by atoms with Gasteiger partial charge in [-0.2, -0.15) is 0 Å². The molecule has 2 saturated heterocycles. The molecule has 2 aliphatic heterocycles. The van der Waals surface area contributed by atoms with Gasteiger partial charge in [-0.05, 0) is 54.4 Å². The summed E-state index contributed by atoms with van der Waals surface area (Å²) in [7, 11) is 0. The maximum Gasteiger partial charge on any atom is 0.410 e. The van der Waals surface area contributed by atoms with Crippen LogP contribution in [0.2, 0.25) is 0 Å². The molecule has 30 heavy (non-hydrogen) atoms. The van der Waals surface area contributed by atoms with E-state index in [4.69, 9.17) is 19.7 Å². The third kappa shape index (κ3) is 9.42. The molecule has 2 amide bonds. The third-order valence-corrected chi connectivity index (χ3v) is 4.32. The minimum atomic E-state index is -1.37. The lowest BCUT2D eigenvalue weighted by Crippen LogP contribution is -2.48. The lowest BCUT2D eigenvalue weighted by atomic mass is 10.1. The van der Waals surface area contributed by atoms with Crippen LogP contribution in [0.25, 0.3) is 0 Å². The fourth-order valence-corrected chi connectivity index (χ4v) is 2.77. The smallest absolute Gasteiger partial charge is 0.410 e. The predicted molar refractivity (Wildman–Crippen MR) is 107 cm³/mol. The van der Waals surface area contributed by atoms with Gasteiger partial charge in [-0.1, -0.05) is 0 Å². The number of ether oxygens (including phenoxy) is 2. The Morgan fingerprint density at radius 3 is 1.30 bits per heavy atom. The van der Waals surface area contributed by atoms with Gasteiger partial charge in [0.05, 0.1) is 25.3 Å². The Hall–Kier alpha value is -1.68. The number of aliphatic hydroxyl groups excluding tert-OH is 2. The fraction of sp³-hybridized carbons (Fsp3) is 0.900. The van der Waals surface area contributed by atoms with Crippen molar-refractivity contribution >= 4 is 12.2 Å². The Balaban J connectivity index is 0.000000300. The van der Waals surface area contributed by atoms with Gasteiger partial charge >= 0.3 is 12.2 Å². The second-order valence-electron chi connectivity index (χ2n) is 9.60. The van der Waals surface area contributed by atoms with Gasteiger partial charge in [0.1, 0.15) is 23.5 Å². The highest BCUT2D eigenvalue weighted by atomic mass is 19.1. The number of carbonyl (C=O) groups excluding carboxylic acids is 2. The molecule has 0 spiro atoms. The van der Waals surface area contributed by atoms with Crippen molar-refractivity contribution in [1.29, 1.82) is 0 Å². The summed E-state index contributed by atoms with van der Waals surface area (Å²) in [6, 6.07) is 0. The number of nitrogens with zero attached hydrogens (tertiary/aromatic N) is 2. The average Bonchev–Trinajstić information content (AvgIpc) is 2.57. The molecule has 0 aromatic rings. The van der Waals surface area contributed by atoms with Gasteiger partial charge in [-0.25, -0.2) is 18.4 Å². The number of halogens is 2. The van der Waals surface area contributed by atoms with E-state index in [1.54, 1.807) is 41.5 Å². The van der Waals surface area contributed by atoms with E-state index in [0.29, 0.717) is 13.1 Å². The molecule has 2 aliphatic rings. The lowest BCUT2D eigenvalue weighted by molar-refractivity contribution is -0.0182. The van der Waals surface area contributed by atoms with Crippen molar-refractivity contribution in [2.45, 2.75) is 90.1 Å². The summed E-state index contributed by atoms with van der Waals surface area (Å²) in [5, 5.41) is 18.3. The number of rotatable bonds is 0. The molecule has 0 aromatic carbocycles. The topological polar surface area (TPSA) is 99.5 Å². The van der Waals surface area contributed by atoms with Crippen LogP contribution in [0, 0.1) is 0 Å². The first-order chi connectivity index (χ1) is 13.6. The Morgan fingerprint density at radius 1 is 0.767 bits per heavy atom. The van der Waals surface area contributed by atoms with Crippen LogP contribution in [0.3, 0.4) is 0 Å². The van der Waals surface area contributed by atoms with Gasteiger partial charge in [0, 0.05) is 13.1 Å². The van der Waals surface area contributed by atoms with Crippen LogP contribution in [0.5, 0.6) is 0 Å². The van der Waals surface area contributed by atoms with Crippen LogP contribution >= 0.6 is 0 Å².